The van der Waals surface area contributed by atoms with Crippen LogP contribution in [0.2, 0.25) is 0 Å². The average Bonchev–Trinajstić information content (AvgIpc) is 2.48. The van der Waals surface area contributed by atoms with Gasteiger partial charge in [0.05, 0.1) is 11.8 Å². The predicted molar refractivity (Wildman–Crippen MR) is 53.3 cm³/mol. The summed E-state index contributed by atoms with van der Waals surface area (Å²) in [5, 5.41) is 4.40. The van der Waals surface area contributed by atoms with Gasteiger partial charge in [0.1, 0.15) is 0 Å². The Labute approximate surface area is 82.3 Å². The third kappa shape index (κ3) is 3.36. The van der Waals surface area contributed by atoms with Crippen molar-refractivity contribution >= 4 is 11.8 Å². The molecule has 1 aromatic heterocycles. The van der Waals surface area contributed by atoms with Crippen molar-refractivity contribution in [2.24, 2.45) is 5.73 Å². The highest BCUT2D eigenvalue weighted by molar-refractivity contribution is 7.99. The van der Waals surface area contributed by atoms with Crippen molar-refractivity contribution in [1.29, 1.82) is 0 Å². The van der Waals surface area contributed by atoms with E-state index in [-0.39, 0.29) is 6.04 Å². The largest absolute Gasteiger partial charge is 0.338 e. The molecule has 13 heavy (non-hydrogen) atoms. The second-order valence-corrected chi connectivity index (χ2v) is 4.76. The Kier molecular flexibility index (Phi) is 3.74. The summed E-state index contributed by atoms with van der Waals surface area (Å²) in [6, 6.07) is -0.176. The lowest BCUT2D eigenvalue weighted by molar-refractivity contribution is 0.358. The van der Waals surface area contributed by atoms with Crippen LogP contribution in [0.4, 0.5) is 0 Å². The van der Waals surface area contributed by atoms with Gasteiger partial charge in [-0.3, -0.25) is 0 Å². The van der Waals surface area contributed by atoms with Crippen molar-refractivity contribution in [3.05, 3.63) is 11.7 Å². The van der Waals surface area contributed by atoms with Crippen LogP contribution in [0.3, 0.4) is 0 Å². The van der Waals surface area contributed by atoms with Crippen LogP contribution in [0.15, 0.2) is 4.52 Å². The molecule has 0 saturated carbocycles. The van der Waals surface area contributed by atoms with Crippen LogP contribution in [-0.4, -0.2) is 15.4 Å². The van der Waals surface area contributed by atoms with Crippen molar-refractivity contribution in [2.45, 2.75) is 37.8 Å². The number of hydrogen-bond acceptors (Lipinski definition) is 5. The van der Waals surface area contributed by atoms with E-state index in [2.05, 4.69) is 24.0 Å². The van der Waals surface area contributed by atoms with Crippen molar-refractivity contribution in [1.82, 2.24) is 10.1 Å². The summed E-state index contributed by atoms with van der Waals surface area (Å²) >= 11 is 1.78. The van der Waals surface area contributed by atoms with E-state index >= 15 is 0 Å². The molecule has 1 aromatic rings. The van der Waals surface area contributed by atoms with E-state index in [0.717, 1.165) is 11.6 Å². The lowest BCUT2D eigenvalue weighted by atomic mass is 10.4. The fraction of sp³-hybridized carbons (Fsp3) is 0.750. The molecular weight excluding hydrogens is 186 g/mol. The lowest BCUT2D eigenvalue weighted by Gasteiger charge is -1.99. The van der Waals surface area contributed by atoms with Crippen molar-refractivity contribution in [2.75, 3.05) is 0 Å². The first kappa shape index (κ1) is 10.5. The van der Waals surface area contributed by atoms with Crippen LogP contribution in [0.5, 0.6) is 0 Å². The number of hydrogen-bond donors (Lipinski definition) is 1. The van der Waals surface area contributed by atoms with E-state index in [9.17, 15) is 0 Å². The second kappa shape index (κ2) is 4.62. The molecule has 0 radical (unpaired) electrons. The predicted octanol–water partition coefficient (Wildman–Crippen LogP) is 1.73. The van der Waals surface area contributed by atoms with E-state index in [4.69, 9.17) is 10.3 Å². The number of thioether (sulfide) groups is 1. The fourth-order valence-corrected chi connectivity index (χ4v) is 1.35. The topological polar surface area (TPSA) is 64.9 Å². The van der Waals surface area contributed by atoms with E-state index in [1.165, 1.54) is 0 Å². The van der Waals surface area contributed by atoms with Crippen LogP contribution < -0.4 is 5.73 Å². The van der Waals surface area contributed by atoms with Crippen LogP contribution in [-0.2, 0) is 5.75 Å². The molecule has 0 aliphatic heterocycles. The summed E-state index contributed by atoms with van der Waals surface area (Å²) in [6.45, 7) is 6.10. The van der Waals surface area contributed by atoms with E-state index < -0.39 is 0 Å². The molecule has 0 fully saturated rings. The molecular formula is C8H15N3OS. The number of nitrogens with two attached hydrogens (primary N) is 1. The zero-order valence-electron chi connectivity index (χ0n) is 8.15. The first-order valence-corrected chi connectivity index (χ1v) is 5.34. The standard InChI is InChI=1S/C8H15N3OS/c1-5(2)13-4-7-10-8(6(3)9)12-11-7/h5-6H,4,9H2,1-3H3/t6-/m0/s1. The molecule has 4 nitrogen and oxygen atoms in total. The molecule has 0 spiro atoms. The van der Waals surface area contributed by atoms with Gasteiger partial charge in [-0.1, -0.05) is 19.0 Å². The normalized spacial score (nSPS) is 13.6. The summed E-state index contributed by atoms with van der Waals surface area (Å²) < 4.78 is 4.96. The summed E-state index contributed by atoms with van der Waals surface area (Å²) in [7, 11) is 0. The van der Waals surface area contributed by atoms with E-state index in [0.29, 0.717) is 11.1 Å². The Hall–Kier alpha value is -0.550. The minimum atomic E-state index is -0.176. The molecule has 1 atom stereocenters. The summed E-state index contributed by atoms with van der Waals surface area (Å²) in [5.74, 6) is 2.03. The van der Waals surface area contributed by atoms with Crippen molar-refractivity contribution in [3.8, 4) is 0 Å². The maximum Gasteiger partial charge on any atom is 0.243 e. The van der Waals surface area contributed by atoms with Gasteiger partial charge in [-0.15, -0.1) is 0 Å². The minimum absolute atomic E-state index is 0.176. The maximum absolute atomic E-state index is 5.58. The number of aromatic nitrogens is 2. The van der Waals surface area contributed by atoms with Gasteiger partial charge in [0.15, 0.2) is 5.82 Å². The first-order valence-electron chi connectivity index (χ1n) is 4.29. The van der Waals surface area contributed by atoms with Crippen LogP contribution in [0.25, 0.3) is 0 Å². The molecule has 5 heteroatoms. The fourth-order valence-electron chi connectivity index (χ4n) is 0.752. The molecule has 1 heterocycles. The third-order valence-electron chi connectivity index (χ3n) is 1.42. The molecule has 0 aliphatic rings. The van der Waals surface area contributed by atoms with E-state index in [1.54, 1.807) is 11.8 Å². The van der Waals surface area contributed by atoms with Gasteiger partial charge in [-0.2, -0.15) is 16.7 Å². The maximum atomic E-state index is 5.58. The quantitative estimate of drug-likeness (QED) is 0.803. The molecule has 0 aromatic carbocycles. The highest BCUT2D eigenvalue weighted by Gasteiger charge is 2.10. The van der Waals surface area contributed by atoms with Crippen molar-refractivity contribution in [3.63, 3.8) is 0 Å². The molecule has 0 amide bonds. The molecule has 74 valence electrons. The zero-order chi connectivity index (χ0) is 9.84. The Bertz CT molecular complexity index is 260. The van der Waals surface area contributed by atoms with E-state index in [1.807, 2.05) is 6.92 Å². The second-order valence-electron chi connectivity index (χ2n) is 3.20. The minimum Gasteiger partial charge on any atom is -0.338 e. The summed E-state index contributed by atoms with van der Waals surface area (Å²) in [4.78, 5) is 4.16. The molecule has 1 rings (SSSR count). The highest BCUT2D eigenvalue weighted by atomic mass is 32.2. The van der Waals surface area contributed by atoms with Crippen molar-refractivity contribution < 1.29 is 4.52 Å². The average molecular weight is 201 g/mol. The Balaban J connectivity index is 2.49. The van der Waals surface area contributed by atoms with Gasteiger partial charge in [0, 0.05) is 0 Å². The molecule has 2 N–H and O–H groups in total. The molecule has 0 unspecified atom stereocenters. The van der Waals surface area contributed by atoms with Crippen LogP contribution >= 0.6 is 11.8 Å². The molecule has 0 saturated heterocycles. The Morgan fingerprint density at radius 2 is 2.15 bits per heavy atom. The number of rotatable bonds is 4. The monoisotopic (exact) mass is 201 g/mol. The van der Waals surface area contributed by atoms with Gasteiger partial charge in [-0.05, 0) is 12.2 Å². The Morgan fingerprint density at radius 3 is 2.62 bits per heavy atom. The first-order chi connectivity index (χ1) is 6.09. The van der Waals surface area contributed by atoms with Gasteiger partial charge < -0.3 is 10.3 Å². The van der Waals surface area contributed by atoms with Gasteiger partial charge in [0.25, 0.3) is 0 Å². The molecule has 0 bridgehead atoms. The van der Waals surface area contributed by atoms with Gasteiger partial charge in [-0.25, -0.2) is 0 Å². The SMILES string of the molecule is CC(C)SCc1noc([C@H](C)N)n1. The number of nitrogens with zero attached hydrogens (tertiary/aromatic N) is 2. The highest BCUT2D eigenvalue weighted by Crippen LogP contribution is 2.15. The third-order valence-corrected chi connectivity index (χ3v) is 2.51. The lowest BCUT2D eigenvalue weighted by Crippen LogP contribution is -2.05. The van der Waals surface area contributed by atoms with Gasteiger partial charge >= 0.3 is 0 Å². The van der Waals surface area contributed by atoms with Crippen LogP contribution in [0, 0.1) is 0 Å². The molecule has 0 aliphatic carbocycles. The summed E-state index contributed by atoms with van der Waals surface area (Å²) in [6.07, 6.45) is 0. The summed E-state index contributed by atoms with van der Waals surface area (Å²) in [5.41, 5.74) is 5.58. The van der Waals surface area contributed by atoms with Gasteiger partial charge in [0.2, 0.25) is 5.89 Å². The zero-order valence-corrected chi connectivity index (χ0v) is 8.97. The van der Waals surface area contributed by atoms with Crippen LogP contribution in [0.1, 0.15) is 38.5 Å². The smallest absolute Gasteiger partial charge is 0.243 e. The Morgan fingerprint density at radius 1 is 1.46 bits per heavy atom.